The molecule has 0 saturated carbocycles. The Morgan fingerprint density at radius 1 is 1.00 bits per heavy atom. The second kappa shape index (κ2) is 5.47. The molecule has 20 heavy (non-hydrogen) atoms. The summed E-state index contributed by atoms with van der Waals surface area (Å²) in [5.74, 6) is 0.837. The van der Waals surface area contributed by atoms with Gasteiger partial charge in [-0.25, -0.2) is 4.98 Å². The lowest BCUT2D eigenvalue weighted by Gasteiger charge is -2.18. The Labute approximate surface area is 122 Å². The van der Waals surface area contributed by atoms with Crippen molar-refractivity contribution in [2.45, 2.75) is 6.54 Å². The van der Waals surface area contributed by atoms with Crippen LogP contribution in [0.1, 0.15) is 5.56 Å². The van der Waals surface area contributed by atoms with Crippen molar-refractivity contribution in [3.8, 4) is 0 Å². The van der Waals surface area contributed by atoms with Crippen LogP contribution in [0.4, 0.5) is 5.82 Å². The quantitative estimate of drug-likeness (QED) is 0.729. The summed E-state index contributed by atoms with van der Waals surface area (Å²) in [6.07, 6.45) is 1.79. The molecule has 3 nitrogen and oxygen atoms in total. The van der Waals surface area contributed by atoms with E-state index < -0.39 is 0 Å². The van der Waals surface area contributed by atoms with Gasteiger partial charge >= 0.3 is 0 Å². The van der Waals surface area contributed by atoms with Crippen molar-refractivity contribution in [1.82, 2.24) is 9.97 Å². The first-order chi connectivity index (χ1) is 9.74. The van der Waals surface area contributed by atoms with Crippen LogP contribution in [-0.4, -0.2) is 17.0 Å². The van der Waals surface area contributed by atoms with E-state index in [0.717, 1.165) is 27.4 Å². The maximum Gasteiger partial charge on any atom is 0.147 e. The van der Waals surface area contributed by atoms with Gasteiger partial charge in [0, 0.05) is 18.6 Å². The molecule has 2 aromatic carbocycles. The Morgan fingerprint density at radius 2 is 1.70 bits per heavy atom. The van der Waals surface area contributed by atoms with Crippen molar-refractivity contribution >= 4 is 28.5 Å². The van der Waals surface area contributed by atoms with Crippen LogP contribution in [0.3, 0.4) is 0 Å². The molecule has 3 rings (SSSR count). The number of anilines is 1. The van der Waals surface area contributed by atoms with Crippen molar-refractivity contribution < 1.29 is 0 Å². The summed E-state index contributed by atoms with van der Waals surface area (Å²) >= 11 is 6.19. The van der Waals surface area contributed by atoms with Crippen LogP contribution in [0, 0.1) is 0 Å². The highest BCUT2D eigenvalue weighted by Crippen LogP contribution is 2.20. The number of nitrogens with zero attached hydrogens (tertiary/aromatic N) is 3. The fourth-order valence-electron chi connectivity index (χ4n) is 2.09. The van der Waals surface area contributed by atoms with E-state index in [9.17, 15) is 0 Å². The lowest BCUT2D eigenvalue weighted by Crippen LogP contribution is -2.18. The van der Waals surface area contributed by atoms with Gasteiger partial charge in [-0.1, -0.05) is 41.9 Å². The van der Waals surface area contributed by atoms with Crippen molar-refractivity contribution in [3.05, 3.63) is 65.3 Å². The Bertz CT molecular complexity index is 742. The largest absolute Gasteiger partial charge is 0.354 e. The normalized spacial score (nSPS) is 10.7. The van der Waals surface area contributed by atoms with Crippen LogP contribution < -0.4 is 4.90 Å². The average molecular weight is 284 g/mol. The zero-order chi connectivity index (χ0) is 13.9. The molecule has 0 aliphatic rings. The fraction of sp³-hybridized carbons (Fsp3) is 0.125. The summed E-state index contributed by atoms with van der Waals surface area (Å²) in [4.78, 5) is 11.1. The van der Waals surface area contributed by atoms with Gasteiger partial charge in [-0.15, -0.1) is 0 Å². The van der Waals surface area contributed by atoms with E-state index in [2.05, 4.69) is 9.97 Å². The van der Waals surface area contributed by atoms with Crippen LogP contribution in [0.15, 0.2) is 54.7 Å². The van der Waals surface area contributed by atoms with Crippen LogP contribution >= 0.6 is 11.6 Å². The predicted molar refractivity (Wildman–Crippen MR) is 83.1 cm³/mol. The molecule has 0 aliphatic heterocycles. The smallest absolute Gasteiger partial charge is 0.147 e. The molecule has 0 amide bonds. The highest BCUT2D eigenvalue weighted by atomic mass is 35.5. The first-order valence-electron chi connectivity index (χ1n) is 6.40. The van der Waals surface area contributed by atoms with Gasteiger partial charge in [-0.2, -0.15) is 0 Å². The van der Waals surface area contributed by atoms with Crippen molar-refractivity contribution in [1.29, 1.82) is 0 Å². The molecule has 0 fully saturated rings. The minimum absolute atomic E-state index is 0.701. The number of para-hydroxylation sites is 2. The molecule has 0 aliphatic carbocycles. The molecule has 4 heteroatoms. The third-order valence-corrected chi connectivity index (χ3v) is 3.56. The van der Waals surface area contributed by atoms with Crippen molar-refractivity contribution in [2.24, 2.45) is 0 Å². The molecule has 1 heterocycles. The molecule has 0 spiro atoms. The maximum atomic E-state index is 6.19. The molecule has 0 saturated heterocycles. The molecule has 0 atom stereocenters. The maximum absolute atomic E-state index is 6.19. The SMILES string of the molecule is CN(Cc1ccccc1Cl)c1cnc2ccccc2n1. The van der Waals surface area contributed by atoms with Gasteiger partial charge in [0.25, 0.3) is 0 Å². The lowest BCUT2D eigenvalue weighted by atomic mass is 10.2. The number of hydrogen-bond acceptors (Lipinski definition) is 3. The Kier molecular flexibility index (Phi) is 3.52. The molecule has 0 radical (unpaired) electrons. The number of halogens is 1. The third kappa shape index (κ3) is 2.58. The second-order valence-electron chi connectivity index (χ2n) is 4.66. The molecule has 1 aromatic heterocycles. The molecular formula is C16H14ClN3. The van der Waals surface area contributed by atoms with Gasteiger partial charge in [-0.3, -0.25) is 4.98 Å². The van der Waals surface area contributed by atoms with E-state index in [1.807, 2.05) is 60.5 Å². The van der Waals surface area contributed by atoms with Crippen LogP contribution in [0.2, 0.25) is 5.02 Å². The van der Waals surface area contributed by atoms with Gasteiger partial charge in [0.15, 0.2) is 0 Å². The number of benzene rings is 2. The summed E-state index contributed by atoms with van der Waals surface area (Å²) in [6, 6.07) is 15.7. The topological polar surface area (TPSA) is 29.0 Å². The van der Waals surface area contributed by atoms with Crippen LogP contribution in [0.25, 0.3) is 11.0 Å². The summed E-state index contributed by atoms with van der Waals surface area (Å²) in [6.45, 7) is 0.701. The predicted octanol–water partition coefficient (Wildman–Crippen LogP) is 3.92. The number of rotatable bonds is 3. The fourth-order valence-corrected chi connectivity index (χ4v) is 2.29. The average Bonchev–Trinajstić information content (AvgIpc) is 2.49. The summed E-state index contributed by atoms with van der Waals surface area (Å²) in [5, 5.41) is 0.771. The van der Waals surface area contributed by atoms with Crippen molar-refractivity contribution in [2.75, 3.05) is 11.9 Å². The van der Waals surface area contributed by atoms with Crippen molar-refractivity contribution in [3.63, 3.8) is 0 Å². The zero-order valence-corrected chi connectivity index (χ0v) is 11.9. The number of fused-ring (bicyclic) bond motifs is 1. The van der Waals surface area contributed by atoms with E-state index >= 15 is 0 Å². The number of aromatic nitrogens is 2. The van der Waals surface area contributed by atoms with Gasteiger partial charge < -0.3 is 4.90 Å². The van der Waals surface area contributed by atoms with Gasteiger partial charge in [0.05, 0.1) is 17.2 Å². The standard InChI is InChI=1S/C16H14ClN3/c1-20(11-12-6-2-3-7-13(12)17)16-10-18-14-8-4-5-9-15(14)19-16/h2-10H,11H2,1H3. The monoisotopic (exact) mass is 283 g/mol. The van der Waals surface area contributed by atoms with Gasteiger partial charge in [0.1, 0.15) is 5.82 Å². The second-order valence-corrected chi connectivity index (χ2v) is 5.07. The van der Waals surface area contributed by atoms with E-state index in [-0.39, 0.29) is 0 Å². The highest BCUT2D eigenvalue weighted by Gasteiger charge is 2.07. The third-order valence-electron chi connectivity index (χ3n) is 3.19. The summed E-state index contributed by atoms with van der Waals surface area (Å²) in [7, 11) is 1.99. The van der Waals surface area contributed by atoms with Gasteiger partial charge in [0.2, 0.25) is 0 Å². The lowest BCUT2D eigenvalue weighted by molar-refractivity contribution is 0.897. The minimum atomic E-state index is 0.701. The molecule has 0 N–H and O–H groups in total. The van der Waals surface area contributed by atoms with E-state index in [4.69, 9.17) is 11.6 Å². The molecule has 100 valence electrons. The first kappa shape index (κ1) is 12.9. The van der Waals surface area contributed by atoms with Crippen LogP contribution in [0.5, 0.6) is 0 Å². The Morgan fingerprint density at radius 3 is 2.50 bits per heavy atom. The highest BCUT2D eigenvalue weighted by molar-refractivity contribution is 6.31. The number of hydrogen-bond donors (Lipinski definition) is 0. The van der Waals surface area contributed by atoms with E-state index in [0.29, 0.717) is 6.54 Å². The molecule has 3 aromatic rings. The Hall–Kier alpha value is -2.13. The zero-order valence-electron chi connectivity index (χ0n) is 11.1. The molecule has 0 unspecified atom stereocenters. The molecule has 0 bridgehead atoms. The van der Waals surface area contributed by atoms with E-state index in [1.54, 1.807) is 6.20 Å². The summed E-state index contributed by atoms with van der Waals surface area (Å²) < 4.78 is 0. The molecular weight excluding hydrogens is 270 g/mol. The van der Waals surface area contributed by atoms with Crippen LogP contribution in [-0.2, 0) is 6.54 Å². The minimum Gasteiger partial charge on any atom is -0.354 e. The summed E-state index contributed by atoms with van der Waals surface area (Å²) in [5.41, 5.74) is 2.88. The first-order valence-corrected chi connectivity index (χ1v) is 6.78. The van der Waals surface area contributed by atoms with Gasteiger partial charge in [-0.05, 0) is 23.8 Å². The Balaban J connectivity index is 1.89. The van der Waals surface area contributed by atoms with E-state index in [1.165, 1.54) is 0 Å².